The second-order valence-corrected chi connectivity index (χ2v) is 7.45. The molecule has 0 aliphatic carbocycles. The van der Waals surface area contributed by atoms with E-state index in [1.165, 1.54) is 9.71 Å². The molecule has 1 aliphatic heterocycles. The number of hydrogen-bond acceptors (Lipinski definition) is 5. The molecule has 0 radical (unpaired) electrons. The number of para-hydroxylation sites is 1. The summed E-state index contributed by atoms with van der Waals surface area (Å²) in [5.74, 6) is 0. The van der Waals surface area contributed by atoms with Crippen molar-refractivity contribution in [2.45, 2.75) is 32.2 Å². The largest absolute Gasteiger partial charge is 0.396 e. The van der Waals surface area contributed by atoms with Gasteiger partial charge in [0.2, 0.25) is 0 Å². The summed E-state index contributed by atoms with van der Waals surface area (Å²) in [5, 5.41) is 14.5. The molecular formula is C17H24N2O2S. The maximum Gasteiger partial charge on any atom is 0.0954 e. The number of rotatable bonds is 6. The van der Waals surface area contributed by atoms with E-state index in [9.17, 15) is 5.11 Å². The molecule has 2 aromatic rings. The van der Waals surface area contributed by atoms with Gasteiger partial charge in [-0.05, 0) is 31.9 Å². The molecule has 1 unspecified atom stereocenters. The molecule has 120 valence electrons. The third-order valence-corrected chi connectivity index (χ3v) is 5.59. The summed E-state index contributed by atoms with van der Waals surface area (Å²) in [6, 6.07) is 8.63. The van der Waals surface area contributed by atoms with Gasteiger partial charge in [-0.15, -0.1) is 11.3 Å². The molecule has 1 fully saturated rings. The Labute approximate surface area is 135 Å². The van der Waals surface area contributed by atoms with Gasteiger partial charge in [0.25, 0.3) is 0 Å². The van der Waals surface area contributed by atoms with Crippen LogP contribution in [0.15, 0.2) is 24.3 Å². The lowest BCUT2D eigenvalue weighted by atomic mass is 9.81. The highest BCUT2D eigenvalue weighted by atomic mass is 32.1. The van der Waals surface area contributed by atoms with Gasteiger partial charge in [0, 0.05) is 37.6 Å². The molecule has 0 amide bonds. The molecule has 1 aromatic carbocycles. The van der Waals surface area contributed by atoms with Crippen molar-refractivity contribution in [3.63, 3.8) is 0 Å². The molecule has 1 aromatic heterocycles. The average Bonchev–Trinajstić information content (AvgIpc) is 2.96. The van der Waals surface area contributed by atoms with E-state index in [2.05, 4.69) is 30.4 Å². The summed E-state index contributed by atoms with van der Waals surface area (Å²) in [6.07, 6.45) is 2.80. The molecule has 1 aliphatic rings. The number of nitrogens with one attached hydrogen (secondary N) is 1. The normalized spacial score (nSPS) is 19.4. The molecule has 5 heteroatoms. The Hall–Kier alpha value is -1.01. The van der Waals surface area contributed by atoms with Crippen LogP contribution in [0.25, 0.3) is 10.2 Å². The van der Waals surface area contributed by atoms with E-state index in [4.69, 9.17) is 9.72 Å². The van der Waals surface area contributed by atoms with Crippen molar-refractivity contribution in [1.29, 1.82) is 0 Å². The van der Waals surface area contributed by atoms with E-state index < -0.39 is 0 Å². The molecule has 4 nitrogen and oxygen atoms in total. The summed E-state index contributed by atoms with van der Waals surface area (Å²) >= 11 is 1.77. The Bertz CT molecular complexity index is 574. The first-order valence-corrected chi connectivity index (χ1v) is 8.79. The summed E-state index contributed by atoms with van der Waals surface area (Å²) in [5.41, 5.74) is 1.08. The van der Waals surface area contributed by atoms with Gasteiger partial charge in [0.15, 0.2) is 0 Å². The summed E-state index contributed by atoms with van der Waals surface area (Å²) in [4.78, 5) is 4.69. The number of ether oxygens (including phenoxy) is 1. The molecule has 0 bridgehead atoms. The van der Waals surface area contributed by atoms with Crippen LogP contribution < -0.4 is 5.32 Å². The first kappa shape index (κ1) is 15.9. The molecule has 1 saturated heterocycles. The average molecular weight is 320 g/mol. The number of hydrogen-bond donors (Lipinski definition) is 2. The van der Waals surface area contributed by atoms with Gasteiger partial charge in [-0.2, -0.15) is 0 Å². The van der Waals surface area contributed by atoms with Crippen molar-refractivity contribution in [2.75, 3.05) is 26.4 Å². The third kappa shape index (κ3) is 3.66. The van der Waals surface area contributed by atoms with Crippen LogP contribution in [0, 0.1) is 5.41 Å². The number of aromatic nitrogens is 1. The quantitative estimate of drug-likeness (QED) is 0.859. The Balaban J connectivity index is 1.56. The Morgan fingerprint density at radius 1 is 1.36 bits per heavy atom. The molecule has 22 heavy (non-hydrogen) atoms. The summed E-state index contributed by atoms with van der Waals surface area (Å²) < 4.78 is 6.67. The summed E-state index contributed by atoms with van der Waals surface area (Å²) in [6.45, 7) is 4.79. The first-order valence-electron chi connectivity index (χ1n) is 7.97. The molecule has 2 heterocycles. The minimum atomic E-state index is -0.0138. The van der Waals surface area contributed by atoms with E-state index in [0.29, 0.717) is 6.04 Å². The van der Waals surface area contributed by atoms with Crippen LogP contribution in [0.2, 0.25) is 0 Å². The van der Waals surface area contributed by atoms with Crippen LogP contribution in [-0.2, 0) is 11.2 Å². The van der Waals surface area contributed by atoms with Crippen LogP contribution in [0.4, 0.5) is 0 Å². The summed E-state index contributed by atoms with van der Waals surface area (Å²) in [7, 11) is 0. The standard InChI is InChI=1S/C17H24N2O2S/c1-13(18-11-17(12-20)6-8-21-9-7-17)10-16-19-14-4-2-3-5-15(14)22-16/h2-5,13,18,20H,6-12H2,1H3. The fourth-order valence-electron chi connectivity index (χ4n) is 2.93. The highest BCUT2D eigenvalue weighted by Gasteiger charge is 2.32. The predicted molar refractivity (Wildman–Crippen MR) is 90.4 cm³/mol. The van der Waals surface area contributed by atoms with Crippen molar-refractivity contribution in [2.24, 2.45) is 5.41 Å². The topological polar surface area (TPSA) is 54.4 Å². The second kappa shape index (κ2) is 7.04. The van der Waals surface area contributed by atoms with E-state index in [0.717, 1.165) is 44.5 Å². The highest BCUT2D eigenvalue weighted by Crippen LogP contribution is 2.29. The molecule has 0 spiro atoms. The van der Waals surface area contributed by atoms with Crippen LogP contribution >= 0.6 is 11.3 Å². The zero-order valence-corrected chi connectivity index (χ0v) is 13.9. The van der Waals surface area contributed by atoms with Crippen molar-refractivity contribution in [1.82, 2.24) is 10.3 Å². The fourth-order valence-corrected chi connectivity index (χ4v) is 4.02. The van der Waals surface area contributed by atoms with Gasteiger partial charge in [0.1, 0.15) is 0 Å². The van der Waals surface area contributed by atoms with Gasteiger partial charge >= 0.3 is 0 Å². The number of thiazole rings is 1. The lowest BCUT2D eigenvalue weighted by Crippen LogP contribution is -2.44. The fraction of sp³-hybridized carbons (Fsp3) is 0.588. The van der Waals surface area contributed by atoms with Gasteiger partial charge in [-0.1, -0.05) is 12.1 Å². The lowest BCUT2D eigenvalue weighted by molar-refractivity contribution is -0.0162. The molecular weight excluding hydrogens is 296 g/mol. The predicted octanol–water partition coefficient (Wildman–Crippen LogP) is 2.61. The van der Waals surface area contributed by atoms with Gasteiger partial charge in [0.05, 0.1) is 21.8 Å². The van der Waals surface area contributed by atoms with E-state index in [-0.39, 0.29) is 12.0 Å². The number of benzene rings is 1. The maximum atomic E-state index is 9.73. The van der Waals surface area contributed by atoms with Gasteiger partial charge in [-0.3, -0.25) is 0 Å². The molecule has 1 atom stereocenters. The van der Waals surface area contributed by atoms with Crippen LogP contribution in [0.3, 0.4) is 0 Å². The van der Waals surface area contributed by atoms with E-state index in [1.54, 1.807) is 11.3 Å². The van der Waals surface area contributed by atoms with Crippen LogP contribution in [-0.4, -0.2) is 42.5 Å². The third-order valence-electron chi connectivity index (χ3n) is 4.53. The SMILES string of the molecule is CC(Cc1nc2ccccc2s1)NCC1(CO)CCOCC1. The minimum absolute atomic E-state index is 0.0138. The van der Waals surface area contributed by atoms with Crippen molar-refractivity contribution in [3.8, 4) is 0 Å². The van der Waals surface area contributed by atoms with E-state index >= 15 is 0 Å². The molecule has 2 N–H and O–H groups in total. The van der Waals surface area contributed by atoms with Gasteiger partial charge < -0.3 is 15.2 Å². The monoisotopic (exact) mass is 320 g/mol. The first-order chi connectivity index (χ1) is 10.7. The van der Waals surface area contributed by atoms with Crippen LogP contribution in [0.1, 0.15) is 24.8 Å². The Kier molecular flexibility index (Phi) is 5.08. The number of fused-ring (bicyclic) bond motifs is 1. The van der Waals surface area contributed by atoms with Crippen molar-refractivity contribution in [3.05, 3.63) is 29.3 Å². The van der Waals surface area contributed by atoms with Crippen molar-refractivity contribution < 1.29 is 9.84 Å². The van der Waals surface area contributed by atoms with Crippen LogP contribution in [0.5, 0.6) is 0 Å². The zero-order valence-electron chi connectivity index (χ0n) is 13.0. The van der Waals surface area contributed by atoms with Gasteiger partial charge in [-0.25, -0.2) is 4.98 Å². The smallest absolute Gasteiger partial charge is 0.0954 e. The zero-order chi connectivity index (χ0) is 15.4. The number of aliphatic hydroxyl groups is 1. The number of nitrogens with zero attached hydrogens (tertiary/aromatic N) is 1. The molecule has 3 rings (SSSR count). The van der Waals surface area contributed by atoms with E-state index in [1.807, 2.05) is 6.07 Å². The lowest BCUT2D eigenvalue weighted by Gasteiger charge is -2.36. The maximum absolute atomic E-state index is 9.73. The minimum Gasteiger partial charge on any atom is -0.396 e. The second-order valence-electron chi connectivity index (χ2n) is 6.33. The highest BCUT2D eigenvalue weighted by molar-refractivity contribution is 7.18. The Morgan fingerprint density at radius 2 is 2.14 bits per heavy atom. The van der Waals surface area contributed by atoms with Crippen molar-refractivity contribution >= 4 is 21.6 Å². The Morgan fingerprint density at radius 3 is 2.86 bits per heavy atom. The number of aliphatic hydroxyl groups excluding tert-OH is 1. The molecule has 0 saturated carbocycles.